The van der Waals surface area contributed by atoms with Crippen molar-refractivity contribution in [1.82, 2.24) is 5.32 Å². The number of aliphatic imine (C=N–C) groups is 1. The molecule has 0 bridgehead atoms. The second-order valence-electron chi connectivity index (χ2n) is 4.37. The number of hydrogen-bond donors (Lipinski definition) is 2. The number of hydrogen-bond acceptors (Lipinski definition) is 2. The zero-order chi connectivity index (χ0) is 11.1. The van der Waals surface area contributed by atoms with Gasteiger partial charge in [-0.15, -0.1) is 24.0 Å². The lowest BCUT2D eigenvalue weighted by atomic mass is 10.0. The second-order valence-corrected chi connectivity index (χ2v) is 4.37. The normalized spacial score (nSPS) is 17.8. The molecule has 0 atom stereocenters. The highest BCUT2D eigenvalue weighted by atomic mass is 127. The number of halogens is 1. The van der Waals surface area contributed by atoms with Crippen molar-refractivity contribution in [3.05, 3.63) is 0 Å². The van der Waals surface area contributed by atoms with Gasteiger partial charge in [0.1, 0.15) is 0 Å². The molecule has 5 heteroatoms. The monoisotopic (exact) mass is 341 g/mol. The number of guanidine groups is 1. The van der Waals surface area contributed by atoms with Crippen LogP contribution in [-0.4, -0.2) is 32.8 Å². The smallest absolute Gasteiger partial charge is 0.188 e. The topological polar surface area (TPSA) is 59.6 Å². The van der Waals surface area contributed by atoms with Crippen molar-refractivity contribution in [3.8, 4) is 0 Å². The van der Waals surface area contributed by atoms with Gasteiger partial charge < -0.3 is 15.8 Å². The SMILES string of the molecule is CCCNC(N)=NCC1(CCOC)CC1.I. The highest BCUT2D eigenvalue weighted by Gasteiger charge is 2.41. The molecule has 1 aliphatic rings. The molecule has 1 rings (SSSR count). The predicted molar refractivity (Wildman–Crippen MR) is 78.4 cm³/mol. The molecule has 3 N–H and O–H groups in total. The molecule has 0 aliphatic heterocycles. The molecule has 0 radical (unpaired) electrons. The summed E-state index contributed by atoms with van der Waals surface area (Å²) in [6.45, 7) is 4.69. The molecule has 0 heterocycles. The molecule has 0 aromatic carbocycles. The summed E-state index contributed by atoms with van der Waals surface area (Å²) in [5.41, 5.74) is 6.13. The summed E-state index contributed by atoms with van der Waals surface area (Å²) in [4.78, 5) is 4.38. The summed E-state index contributed by atoms with van der Waals surface area (Å²) < 4.78 is 5.09. The van der Waals surface area contributed by atoms with Gasteiger partial charge in [-0.1, -0.05) is 6.92 Å². The van der Waals surface area contributed by atoms with Crippen molar-refractivity contribution >= 4 is 29.9 Å². The van der Waals surface area contributed by atoms with Crippen LogP contribution in [0.3, 0.4) is 0 Å². The molecule has 1 saturated carbocycles. The van der Waals surface area contributed by atoms with E-state index in [1.54, 1.807) is 7.11 Å². The summed E-state index contributed by atoms with van der Waals surface area (Å²) in [7, 11) is 1.75. The van der Waals surface area contributed by atoms with Gasteiger partial charge in [-0.3, -0.25) is 4.99 Å². The summed E-state index contributed by atoms with van der Waals surface area (Å²) >= 11 is 0. The van der Waals surface area contributed by atoms with Crippen molar-refractivity contribution in [2.45, 2.75) is 32.6 Å². The first-order chi connectivity index (χ1) is 7.22. The highest BCUT2D eigenvalue weighted by molar-refractivity contribution is 14.0. The third kappa shape index (κ3) is 5.89. The Morgan fingerprint density at radius 3 is 2.69 bits per heavy atom. The first-order valence-corrected chi connectivity index (χ1v) is 5.75. The lowest BCUT2D eigenvalue weighted by molar-refractivity contribution is 0.174. The largest absolute Gasteiger partial charge is 0.385 e. The molecule has 0 spiro atoms. The standard InChI is InChI=1S/C11H23N3O.HI/c1-3-7-13-10(12)14-9-11(4-5-11)6-8-15-2;/h3-9H2,1-2H3,(H3,12,13,14);1H. The van der Waals surface area contributed by atoms with Crippen LogP contribution in [0.25, 0.3) is 0 Å². The van der Waals surface area contributed by atoms with E-state index in [2.05, 4.69) is 17.2 Å². The second kappa shape index (κ2) is 8.11. The minimum absolute atomic E-state index is 0. The van der Waals surface area contributed by atoms with Crippen molar-refractivity contribution in [1.29, 1.82) is 0 Å². The van der Waals surface area contributed by atoms with Crippen LogP contribution in [0.2, 0.25) is 0 Å². The van der Waals surface area contributed by atoms with E-state index < -0.39 is 0 Å². The Balaban J connectivity index is 0.00000225. The van der Waals surface area contributed by atoms with Crippen LogP contribution in [0.4, 0.5) is 0 Å². The van der Waals surface area contributed by atoms with E-state index in [0.29, 0.717) is 11.4 Å². The fourth-order valence-corrected chi connectivity index (χ4v) is 1.54. The number of nitrogens with two attached hydrogens (primary N) is 1. The van der Waals surface area contributed by atoms with E-state index in [1.165, 1.54) is 12.8 Å². The quantitative estimate of drug-likeness (QED) is 0.421. The van der Waals surface area contributed by atoms with Crippen LogP contribution in [0, 0.1) is 5.41 Å². The summed E-state index contributed by atoms with van der Waals surface area (Å²) in [5.74, 6) is 0.584. The molecular weight excluding hydrogens is 317 g/mol. The van der Waals surface area contributed by atoms with Crippen molar-refractivity contribution < 1.29 is 4.74 Å². The van der Waals surface area contributed by atoms with Crippen molar-refractivity contribution in [3.63, 3.8) is 0 Å². The van der Waals surface area contributed by atoms with Gasteiger partial charge in [-0.05, 0) is 31.1 Å². The van der Waals surface area contributed by atoms with Crippen LogP contribution >= 0.6 is 24.0 Å². The summed E-state index contributed by atoms with van der Waals surface area (Å²) in [6, 6.07) is 0. The van der Waals surface area contributed by atoms with Gasteiger partial charge >= 0.3 is 0 Å². The van der Waals surface area contributed by atoms with Gasteiger partial charge in [-0.2, -0.15) is 0 Å². The maximum atomic E-state index is 5.73. The van der Waals surface area contributed by atoms with E-state index in [1.807, 2.05) is 0 Å². The molecule has 0 amide bonds. The zero-order valence-electron chi connectivity index (χ0n) is 10.3. The molecule has 0 aromatic rings. The van der Waals surface area contributed by atoms with Gasteiger partial charge in [0.05, 0.1) is 0 Å². The first-order valence-electron chi connectivity index (χ1n) is 5.75. The number of methoxy groups -OCH3 is 1. The van der Waals surface area contributed by atoms with Gasteiger partial charge in [-0.25, -0.2) is 0 Å². The molecule has 0 aromatic heterocycles. The van der Waals surface area contributed by atoms with Crippen molar-refractivity contribution in [2.75, 3.05) is 26.8 Å². The van der Waals surface area contributed by atoms with Crippen LogP contribution in [0.15, 0.2) is 4.99 Å². The molecule has 1 fully saturated rings. The summed E-state index contributed by atoms with van der Waals surface area (Å²) in [6.07, 6.45) is 4.71. The number of rotatable bonds is 7. The maximum absolute atomic E-state index is 5.73. The third-order valence-electron chi connectivity index (χ3n) is 2.93. The van der Waals surface area contributed by atoms with Crippen LogP contribution in [0.1, 0.15) is 32.6 Å². The Kier molecular flexibility index (Phi) is 8.09. The lowest BCUT2D eigenvalue weighted by Crippen LogP contribution is -2.32. The fourth-order valence-electron chi connectivity index (χ4n) is 1.54. The third-order valence-corrected chi connectivity index (χ3v) is 2.93. The first kappa shape index (κ1) is 16.0. The molecule has 16 heavy (non-hydrogen) atoms. The lowest BCUT2D eigenvalue weighted by Gasteiger charge is -2.12. The number of nitrogens with zero attached hydrogens (tertiary/aromatic N) is 1. The van der Waals surface area contributed by atoms with E-state index in [9.17, 15) is 0 Å². The van der Waals surface area contributed by atoms with Gasteiger partial charge in [0.2, 0.25) is 0 Å². The molecule has 1 aliphatic carbocycles. The molecule has 96 valence electrons. The molecular formula is C11H24IN3O. The molecule has 0 unspecified atom stereocenters. The predicted octanol–water partition coefficient (Wildman–Crippen LogP) is 1.74. The van der Waals surface area contributed by atoms with Gasteiger partial charge in [0, 0.05) is 26.8 Å². The van der Waals surface area contributed by atoms with Crippen LogP contribution in [0.5, 0.6) is 0 Å². The van der Waals surface area contributed by atoms with E-state index in [0.717, 1.165) is 32.5 Å². The zero-order valence-corrected chi connectivity index (χ0v) is 12.6. The van der Waals surface area contributed by atoms with Gasteiger partial charge in [0.15, 0.2) is 5.96 Å². The fraction of sp³-hybridized carbons (Fsp3) is 0.909. The molecule has 4 nitrogen and oxygen atoms in total. The minimum Gasteiger partial charge on any atom is -0.385 e. The van der Waals surface area contributed by atoms with E-state index >= 15 is 0 Å². The van der Waals surface area contributed by atoms with Crippen LogP contribution < -0.4 is 11.1 Å². The Labute approximate surface area is 115 Å². The summed E-state index contributed by atoms with van der Waals surface area (Å²) in [5, 5.41) is 3.09. The maximum Gasteiger partial charge on any atom is 0.188 e. The molecule has 0 saturated heterocycles. The van der Waals surface area contributed by atoms with Gasteiger partial charge in [0.25, 0.3) is 0 Å². The minimum atomic E-state index is 0. The van der Waals surface area contributed by atoms with E-state index in [4.69, 9.17) is 10.5 Å². The number of ether oxygens (including phenoxy) is 1. The average molecular weight is 341 g/mol. The van der Waals surface area contributed by atoms with E-state index in [-0.39, 0.29) is 24.0 Å². The highest BCUT2D eigenvalue weighted by Crippen LogP contribution is 2.48. The Bertz CT molecular complexity index is 217. The Morgan fingerprint density at radius 2 is 2.19 bits per heavy atom. The number of nitrogens with one attached hydrogen (secondary N) is 1. The van der Waals surface area contributed by atoms with Crippen molar-refractivity contribution in [2.24, 2.45) is 16.1 Å². The Morgan fingerprint density at radius 1 is 1.50 bits per heavy atom. The Hall–Kier alpha value is -0.0400. The average Bonchev–Trinajstić information content (AvgIpc) is 3.01. The van der Waals surface area contributed by atoms with Crippen LogP contribution in [-0.2, 0) is 4.74 Å².